The maximum Gasteiger partial charge on any atom is 0.415 e. The smallest absolute Gasteiger partial charge is 0.415 e. The molecule has 7 N–H and O–H groups in total. The van der Waals surface area contributed by atoms with E-state index in [0.29, 0.717) is 17.9 Å². The van der Waals surface area contributed by atoms with E-state index < -0.39 is 63.5 Å². The average Bonchev–Trinajstić information content (AvgIpc) is 4.10. The number of halogens is 5. The Bertz CT molecular complexity index is 3160. The van der Waals surface area contributed by atoms with E-state index in [2.05, 4.69) is 43.3 Å². The second-order valence-electron chi connectivity index (χ2n) is 18.9. The van der Waals surface area contributed by atoms with Crippen molar-refractivity contribution in [1.82, 2.24) is 9.78 Å². The van der Waals surface area contributed by atoms with Crippen LogP contribution >= 0.6 is 23.2 Å². The molecule has 0 bridgehead atoms. The number of allylic oxidation sites excluding steroid dienone is 2. The number of aromatic nitrogens is 2. The molecule has 0 radical (unpaired) electrons. The molecule has 1 aromatic heterocycles. The topological polar surface area (TPSA) is 252 Å². The molecule has 1 unspecified atom stereocenters. The minimum Gasteiger partial charge on any atom is -0.506 e. The number of sulfonamides is 1. The maximum atomic E-state index is 13.3. The standard InChI is InChI=1S/C32H41ClF3N7O3S.C24H24ClN3O4/c1-2-3-4-5-6-7-8-9-10-11-12-13-14-15-18-47(45,46)42-23-16-17-27(33)28(19-23)39-31(44)40-30-25(21-38)29-24(20-37)26(32(34,35)36)22-43(29)41-30;1-14-9-10-22(15(2)11-14)32-16(3)23(30)27-19-13-21(29)20(12-18(19)25)28-24(31)26-17-7-5-4-6-8-17/h16-17,19,42H,2-15,18,22H2,1H3,(H2,39,40,41,44);4-13,16,29H,1-3H3,(H,27,30)(H2,26,28,31). The first kappa shape index (κ1) is 62.4. The number of alkyl halides is 3. The molecule has 79 heavy (non-hydrogen) atoms. The lowest BCUT2D eigenvalue weighted by atomic mass is 10.0. The van der Waals surface area contributed by atoms with Gasteiger partial charge in [-0.2, -0.15) is 28.8 Å². The van der Waals surface area contributed by atoms with Crippen LogP contribution in [0.25, 0.3) is 5.57 Å². The van der Waals surface area contributed by atoms with Gasteiger partial charge in [0.25, 0.3) is 5.91 Å². The molecular weight excluding hydrogens is 1080 g/mol. The largest absolute Gasteiger partial charge is 0.506 e. The van der Waals surface area contributed by atoms with Gasteiger partial charge < -0.3 is 31.1 Å². The van der Waals surface area contributed by atoms with Crippen molar-refractivity contribution in [2.75, 3.05) is 37.1 Å². The number of phenols is 1. The zero-order valence-corrected chi connectivity index (χ0v) is 46.7. The molecule has 1 aliphatic heterocycles. The van der Waals surface area contributed by atoms with Crippen molar-refractivity contribution in [3.63, 3.8) is 0 Å². The van der Waals surface area contributed by atoms with Gasteiger partial charge in [0.2, 0.25) is 10.0 Å². The van der Waals surface area contributed by atoms with E-state index >= 15 is 0 Å². The van der Waals surface area contributed by atoms with Crippen LogP contribution < -0.4 is 36.0 Å². The van der Waals surface area contributed by atoms with Crippen LogP contribution in [0.4, 0.5) is 57.0 Å². The molecule has 1 aliphatic rings. The number of aryl methyl sites for hydroxylation is 2. The molecule has 1 atom stereocenters. The number of rotatable bonds is 25. The third-order valence-corrected chi connectivity index (χ3v) is 14.5. The number of nitriles is 2. The summed E-state index contributed by atoms with van der Waals surface area (Å²) in [6.45, 7) is 6.94. The Hall–Kier alpha value is -7.46. The number of carbonyl (C=O) groups excluding carboxylic acids is 3. The van der Waals surface area contributed by atoms with Gasteiger partial charge in [-0.25, -0.2) is 18.0 Å². The van der Waals surface area contributed by atoms with Crippen molar-refractivity contribution >= 4 is 91.0 Å². The fourth-order valence-electron chi connectivity index (χ4n) is 8.38. The first-order valence-corrected chi connectivity index (χ1v) is 28.3. The maximum absolute atomic E-state index is 13.3. The summed E-state index contributed by atoms with van der Waals surface area (Å²) in [7, 11) is -3.67. The monoisotopic (exact) mass is 1150 g/mol. The predicted octanol–water partition coefficient (Wildman–Crippen LogP) is 14.8. The first-order chi connectivity index (χ1) is 37.6. The fraction of sp³-hybridized carbons (Fsp3) is 0.393. The Labute approximate surface area is 469 Å². The minimum absolute atomic E-state index is 0.0306. The molecule has 0 aliphatic carbocycles. The molecule has 0 saturated heterocycles. The van der Waals surface area contributed by atoms with Crippen molar-refractivity contribution in [3.05, 3.63) is 117 Å². The number of carbonyl (C=O) groups is 3. The number of nitrogens with one attached hydrogen (secondary N) is 6. The zero-order valence-electron chi connectivity index (χ0n) is 44.4. The van der Waals surface area contributed by atoms with Crippen LogP contribution in [-0.2, 0) is 21.4 Å². The molecule has 6 rings (SSSR count). The average molecular weight is 1150 g/mol. The van der Waals surface area contributed by atoms with Crippen LogP contribution in [0.15, 0.2) is 84.4 Å². The Morgan fingerprint density at radius 3 is 1.92 bits per heavy atom. The highest BCUT2D eigenvalue weighted by atomic mass is 35.5. The third kappa shape index (κ3) is 19.4. The summed E-state index contributed by atoms with van der Waals surface area (Å²) >= 11 is 12.5. The van der Waals surface area contributed by atoms with Crippen LogP contribution in [0.2, 0.25) is 10.0 Å². The summed E-state index contributed by atoms with van der Waals surface area (Å²) in [5.74, 6) is -0.496. The van der Waals surface area contributed by atoms with Gasteiger partial charge in [0.05, 0.1) is 61.9 Å². The molecule has 5 aromatic rings. The summed E-state index contributed by atoms with van der Waals surface area (Å²) in [5, 5.41) is 45.8. The number of aromatic hydroxyl groups is 1. The van der Waals surface area contributed by atoms with Crippen LogP contribution in [0.1, 0.15) is 126 Å². The van der Waals surface area contributed by atoms with Gasteiger partial charge >= 0.3 is 18.2 Å². The molecule has 0 saturated carbocycles. The second-order valence-corrected chi connectivity index (χ2v) is 21.6. The van der Waals surface area contributed by atoms with Gasteiger partial charge in [-0.15, -0.1) is 0 Å². The summed E-state index contributed by atoms with van der Waals surface area (Å²) in [6, 6.07) is 23.0. The molecule has 5 amide bonds. The highest BCUT2D eigenvalue weighted by Gasteiger charge is 2.43. The normalized spacial score (nSPS) is 12.2. The van der Waals surface area contributed by atoms with E-state index in [4.69, 9.17) is 27.9 Å². The number of hydrogen-bond donors (Lipinski definition) is 7. The number of hydrogen-bond acceptors (Lipinski definition) is 10. The van der Waals surface area contributed by atoms with Crippen molar-refractivity contribution < 1.29 is 45.8 Å². The molecule has 17 nitrogen and oxygen atoms in total. The molecule has 2 heterocycles. The number of para-hydroxylation sites is 1. The molecule has 0 fully saturated rings. The van der Waals surface area contributed by atoms with E-state index in [0.717, 1.165) is 41.5 Å². The number of ether oxygens (including phenoxy) is 1. The number of anilines is 6. The lowest BCUT2D eigenvalue weighted by molar-refractivity contribution is -0.122. The van der Waals surface area contributed by atoms with E-state index in [-0.39, 0.29) is 55.8 Å². The predicted molar refractivity (Wildman–Crippen MR) is 304 cm³/mol. The van der Waals surface area contributed by atoms with Crippen molar-refractivity contribution in [2.45, 2.75) is 136 Å². The lowest BCUT2D eigenvalue weighted by Crippen LogP contribution is -2.30. The second kappa shape index (κ2) is 30.1. The lowest BCUT2D eigenvalue weighted by Gasteiger charge is -2.18. The Morgan fingerprint density at radius 1 is 0.734 bits per heavy atom. The highest BCUT2D eigenvalue weighted by Crippen LogP contribution is 2.41. The van der Waals surface area contributed by atoms with E-state index in [9.17, 15) is 51.6 Å². The SMILES string of the molecule is CCCCCCCCCCCCCCCCS(=O)(=O)Nc1ccc(Cl)c(NC(=O)Nc2nn3c(c2C#N)C(C#N)=C(C(F)(F)F)C3)c1.Cc1ccc(OC(C)C(=O)Nc2cc(O)c(NC(=O)Nc3ccccc3)cc2Cl)c(C)c1. The number of benzene rings is 4. The van der Waals surface area contributed by atoms with Crippen molar-refractivity contribution in [1.29, 1.82) is 10.5 Å². The molecular formula is C56H65Cl2F3N10O7S. The van der Waals surface area contributed by atoms with E-state index in [1.165, 1.54) is 94.2 Å². The number of amides is 5. The van der Waals surface area contributed by atoms with Gasteiger partial charge in [0.1, 0.15) is 29.2 Å². The van der Waals surface area contributed by atoms with Crippen LogP contribution in [0, 0.1) is 36.5 Å². The van der Waals surface area contributed by atoms with Crippen molar-refractivity contribution in [3.8, 4) is 23.6 Å². The first-order valence-electron chi connectivity index (χ1n) is 25.9. The Balaban J connectivity index is 0.000000312. The highest BCUT2D eigenvalue weighted by molar-refractivity contribution is 7.92. The summed E-state index contributed by atoms with van der Waals surface area (Å²) in [6.07, 6.45) is 10.6. The summed E-state index contributed by atoms with van der Waals surface area (Å²) in [5.41, 5.74) is 0.471. The quantitative estimate of drug-likeness (QED) is 0.0215. The fourth-order valence-corrected chi connectivity index (χ4v) is 9.93. The number of nitrogens with zero attached hydrogens (tertiary/aromatic N) is 4. The zero-order chi connectivity index (χ0) is 57.7. The Morgan fingerprint density at radius 2 is 1.33 bits per heavy atom. The minimum atomic E-state index is -4.79. The molecule has 4 aromatic carbocycles. The van der Waals surface area contributed by atoms with E-state index in [1.807, 2.05) is 38.1 Å². The molecule has 0 spiro atoms. The van der Waals surface area contributed by atoms with Gasteiger partial charge in [0, 0.05) is 11.8 Å². The van der Waals surface area contributed by atoms with Crippen LogP contribution in [0.5, 0.6) is 11.5 Å². The number of urea groups is 2. The van der Waals surface area contributed by atoms with Crippen LogP contribution in [-0.4, -0.2) is 59.3 Å². The van der Waals surface area contributed by atoms with Gasteiger partial charge in [-0.1, -0.05) is 149 Å². The van der Waals surface area contributed by atoms with Gasteiger partial charge in [-0.05, 0) is 75.2 Å². The number of unbranched alkanes of at least 4 members (excludes halogenated alkanes) is 13. The molecule has 23 heteroatoms. The molecule has 422 valence electrons. The van der Waals surface area contributed by atoms with E-state index in [1.54, 1.807) is 37.3 Å². The summed E-state index contributed by atoms with van der Waals surface area (Å²) in [4.78, 5) is 37.4. The van der Waals surface area contributed by atoms with Crippen LogP contribution in [0.3, 0.4) is 0 Å². The summed E-state index contributed by atoms with van der Waals surface area (Å²) < 4.78 is 74.4. The third-order valence-electron chi connectivity index (χ3n) is 12.5. The van der Waals surface area contributed by atoms with Gasteiger partial charge in [-0.3, -0.25) is 19.5 Å². The van der Waals surface area contributed by atoms with Crippen molar-refractivity contribution in [2.24, 2.45) is 0 Å². The Kier molecular flexibility index (Phi) is 23.7. The van der Waals surface area contributed by atoms with Gasteiger partial charge in [0.15, 0.2) is 11.9 Å². The number of phenolic OH excluding ortho intramolecular Hbond substituents is 1. The number of fused-ring (bicyclic) bond motifs is 1.